The summed E-state index contributed by atoms with van der Waals surface area (Å²) in [5, 5.41) is 2.62. The number of nitrogens with zero attached hydrogens (tertiary/aromatic N) is 1. The molecule has 2 amide bonds. The van der Waals surface area contributed by atoms with E-state index in [1.165, 1.54) is 0 Å². The van der Waals surface area contributed by atoms with Gasteiger partial charge in [0.15, 0.2) is 0 Å². The van der Waals surface area contributed by atoms with Crippen LogP contribution in [0.1, 0.15) is 12.5 Å². The summed E-state index contributed by atoms with van der Waals surface area (Å²) in [6.45, 7) is 2.37. The van der Waals surface area contributed by atoms with Crippen LogP contribution in [0.15, 0.2) is 24.3 Å². The van der Waals surface area contributed by atoms with Gasteiger partial charge in [0.1, 0.15) is 11.8 Å². The van der Waals surface area contributed by atoms with Crippen LogP contribution < -0.4 is 10.1 Å². The number of methoxy groups -OCH3 is 1. The lowest BCUT2D eigenvalue weighted by Gasteiger charge is -2.30. The fourth-order valence-corrected chi connectivity index (χ4v) is 2.23. The van der Waals surface area contributed by atoms with Crippen molar-refractivity contribution in [2.75, 3.05) is 20.2 Å². The molecule has 1 fully saturated rings. The monoisotopic (exact) mass is 262 g/mol. The first-order valence-electron chi connectivity index (χ1n) is 6.32. The highest BCUT2D eigenvalue weighted by molar-refractivity contribution is 5.94. The first kappa shape index (κ1) is 13.4. The maximum absolute atomic E-state index is 11.9. The second-order valence-electron chi connectivity index (χ2n) is 4.61. The third-order valence-electron chi connectivity index (χ3n) is 3.24. The van der Waals surface area contributed by atoms with E-state index < -0.39 is 6.04 Å². The molecule has 0 saturated carbocycles. The van der Waals surface area contributed by atoms with Crippen LogP contribution in [0, 0.1) is 0 Å². The van der Waals surface area contributed by atoms with E-state index >= 15 is 0 Å². The van der Waals surface area contributed by atoms with Crippen molar-refractivity contribution in [2.45, 2.75) is 19.4 Å². The Morgan fingerprint density at radius 2 is 2.11 bits per heavy atom. The summed E-state index contributed by atoms with van der Waals surface area (Å²) in [7, 11) is 1.63. The minimum atomic E-state index is -0.432. The number of para-hydroxylation sites is 1. The quantitative estimate of drug-likeness (QED) is 0.863. The third kappa shape index (κ3) is 3.05. The Morgan fingerprint density at radius 3 is 2.84 bits per heavy atom. The molecule has 1 N–H and O–H groups in total. The molecule has 19 heavy (non-hydrogen) atoms. The molecule has 1 heterocycles. The Morgan fingerprint density at radius 1 is 1.37 bits per heavy atom. The van der Waals surface area contributed by atoms with Gasteiger partial charge in [0.05, 0.1) is 13.7 Å². The fraction of sp³-hybridized carbons (Fsp3) is 0.429. The Kier molecular flexibility index (Phi) is 4.04. The third-order valence-corrected chi connectivity index (χ3v) is 3.24. The van der Waals surface area contributed by atoms with Crippen LogP contribution in [-0.4, -0.2) is 43.0 Å². The van der Waals surface area contributed by atoms with Gasteiger partial charge in [-0.2, -0.15) is 0 Å². The van der Waals surface area contributed by atoms with Gasteiger partial charge >= 0.3 is 0 Å². The standard InChI is InChI=1S/C14H18N2O3/c1-10-14(18)16(9-13(17)15-10)8-7-11-5-3-4-6-12(11)19-2/h3-6,10H,7-9H2,1-2H3,(H,15,17). The minimum Gasteiger partial charge on any atom is -0.496 e. The summed E-state index contributed by atoms with van der Waals surface area (Å²) < 4.78 is 5.27. The number of hydrogen-bond acceptors (Lipinski definition) is 3. The molecule has 0 spiro atoms. The van der Waals surface area contributed by atoms with Gasteiger partial charge in [0.2, 0.25) is 11.8 Å². The highest BCUT2D eigenvalue weighted by atomic mass is 16.5. The summed E-state index contributed by atoms with van der Waals surface area (Å²) in [4.78, 5) is 25.0. The lowest BCUT2D eigenvalue weighted by atomic mass is 10.1. The van der Waals surface area contributed by atoms with E-state index in [-0.39, 0.29) is 18.4 Å². The van der Waals surface area contributed by atoms with Gasteiger partial charge in [-0.3, -0.25) is 9.59 Å². The number of carbonyl (C=O) groups is 2. The second kappa shape index (κ2) is 5.73. The van der Waals surface area contributed by atoms with Crippen LogP contribution in [0.2, 0.25) is 0 Å². The molecule has 5 heteroatoms. The van der Waals surface area contributed by atoms with Crippen molar-refractivity contribution in [3.63, 3.8) is 0 Å². The van der Waals surface area contributed by atoms with Crippen molar-refractivity contribution < 1.29 is 14.3 Å². The Bertz CT molecular complexity index is 487. The van der Waals surface area contributed by atoms with Gasteiger partial charge in [0.25, 0.3) is 0 Å². The lowest BCUT2D eigenvalue weighted by Crippen LogP contribution is -2.57. The molecule has 0 aromatic heterocycles. The second-order valence-corrected chi connectivity index (χ2v) is 4.61. The number of carbonyl (C=O) groups excluding carboxylic acids is 2. The first-order chi connectivity index (χ1) is 9.11. The van der Waals surface area contributed by atoms with Gasteiger partial charge in [-0.1, -0.05) is 18.2 Å². The first-order valence-corrected chi connectivity index (χ1v) is 6.32. The van der Waals surface area contributed by atoms with Gasteiger partial charge < -0.3 is 15.0 Å². The Labute approximate surface area is 112 Å². The molecule has 1 aliphatic heterocycles. The van der Waals surface area contributed by atoms with E-state index in [0.29, 0.717) is 13.0 Å². The SMILES string of the molecule is COc1ccccc1CCN1CC(=O)NC(C)C1=O. The molecule has 1 aliphatic rings. The van der Waals surface area contributed by atoms with Crippen molar-refractivity contribution in [3.05, 3.63) is 29.8 Å². The molecule has 0 aliphatic carbocycles. The maximum atomic E-state index is 11.9. The van der Waals surface area contributed by atoms with Gasteiger partial charge in [-0.25, -0.2) is 0 Å². The van der Waals surface area contributed by atoms with E-state index in [1.807, 2.05) is 24.3 Å². The topological polar surface area (TPSA) is 58.6 Å². The molecule has 102 valence electrons. The van der Waals surface area contributed by atoms with Crippen LogP contribution in [0.25, 0.3) is 0 Å². The van der Waals surface area contributed by atoms with Gasteiger partial charge in [0, 0.05) is 6.54 Å². The molecule has 5 nitrogen and oxygen atoms in total. The van der Waals surface area contributed by atoms with Crippen LogP contribution in [0.4, 0.5) is 0 Å². The molecule has 0 bridgehead atoms. The van der Waals surface area contributed by atoms with Gasteiger partial charge in [-0.05, 0) is 25.0 Å². The van der Waals surface area contributed by atoms with Crippen LogP contribution in [0.5, 0.6) is 5.75 Å². The summed E-state index contributed by atoms with van der Waals surface area (Å²) in [5.41, 5.74) is 1.04. The van der Waals surface area contributed by atoms with Crippen molar-refractivity contribution >= 4 is 11.8 Å². The molecular formula is C14H18N2O3. The summed E-state index contributed by atoms with van der Waals surface area (Å²) >= 11 is 0. The number of ether oxygens (including phenoxy) is 1. The fourth-order valence-electron chi connectivity index (χ4n) is 2.23. The van der Waals surface area contributed by atoms with E-state index in [1.54, 1.807) is 18.9 Å². The van der Waals surface area contributed by atoms with E-state index in [4.69, 9.17) is 4.74 Å². The molecule has 1 unspecified atom stereocenters. The van der Waals surface area contributed by atoms with E-state index in [2.05, 4.69) is 5.32 Å². The Balaban J connectivity index is 2.01. The number of nitrogens with one attached hydrogen (secondary N) is 1. The van der Waals surface area contributed by atoms with Crippen molar-refractivity contribution in [1.82, 2.24) is 10.2 Å². The largest absolute Gasteiger partial charge is 0.496 e. The average Bonchev–Trinajstić information content (AvgIpc) is 2.41. The number of piperazine rings is 1. The van der Waals surface area contributed by atoms with Crippen LogP contribution in [-0.2, 0) is 16.0 Å². The average molecular weight is 262 g/mol. The van der Waals surface area contributed by atoms with Crippen LogP contribution in [0.3, 0.4) is 0 Å². The zero-order chi connectivity index (χ0) is 13.8. The summed E-state index contributed by atoms with van der Waals surface area (Å²) in [5.74, 6) is 0.672. The van der Waals surface area contributed by atoms with E-state index in [0.717, 1.165) is 11.3 Å². The lowest BCUT2D eigenvalue weighted by molar-refractivity contribution is -0.143. The number of amides is 2. The Hall–Kier alpha value is -2.04. The zero-order valence-electron chi connectivity index (χ0n) is 11.2. The highest BCUT2D eigenvalue weighted by Gasteiger charge is 2.28. The molecule has 1 atom stereocenters. The smallest absolute Gasteiger partial charge is 0.245 e. The minimum absolute atomic E-state index is 0.0329. The number of benzene rings is 1. The van der Waals surface area contributed by atoms with Gasteiger partial charge in [-0.15, -0.1) is 0 Å². The molecular weight excluding hydrogens is 244 g/mol. The number of hydrogen-bond donors (Lipinski definition) is 1. The predicted octanol–water partition coefficient (Wildman–Crippen LogP) is 0.585. The number of rotatable bonds is 4. The summed E-state index contributed by atoms with van der Waals surface area (Å²) in [6.07, 6.45) is 0.676. The zero-order valence-corrected chi connectivity index (χ0v) is 11.2. The highest BCUT2D eigenvalue weighted by Crippen LogP contribution is 2.18. The van der Waals surface area contributed by atoms with Crippen molar-refractivity contribution in [2.24, 2.45) is 0 Å². The molecule has 1 aromatic rings. The normalized spacial score (nSPS) is 19.3. The molecule has 1 aromatic carbocycles. The summed E-state index contributed by atoms with van der Waals surface area (Å²) in [6, 6.07) is 7.27. The van der Waals surface area contributed by atoms with Crippen LogP contribution >= 0.6 is 0 Å². The maximum Gasteiger partial charge on any atom is 0.245 e. The molecule has 1 saturated heterocycles. The van der Waals surface area contributed by atoms with Crippen molar-refractivity contribution in [1.29, 1.82) is 0 Å². The molecule has 2 rings (SSSR count). The molecule has 0 radical (unpaired) electrons. The predicted molar refractivity (Wildman–Crippen MR) is 70.9 cm³/mol. The van der Waals surface area contributed by atoms with E-state index in [9.17, 15) is 9.59 Å². The van der Waals surface area contributed by atoms with Crippen molar-refractivity contribution in [3.8, 4) is 5.75 Å².